The molecule has 0 aliphatic carbocycles. The Morgan fingerprint density at radius 3 is 2.28 bits per heavy atom. The van der Waals surface area contributed by atoms with Crippen LogP contribution < -0.4 is 21.5 Å². The Balaban J connectivity index is 1.95. The van der Waals surface area contributed by atoms with Crippen LogP contribution in [0.15, 0.2) is 58.1 Å². The van der Waals surface area contributed by atoms with Crippen molar-refractivity contribution in [3.63, 3.8) is 0 Å². The van der Waals surface area contributed by atoms with Gasteiger partial charge in [-0.3, -0.25) is 18.7 Å². The van der Waals surface area contributed by atoms with Crippen LogP contribution in [0.1, 0.15) is 13.8 Å². The number of carbonyl (C=O) groups excluding carboxylic acids is 1. The number of fused-ring (bicyclic) bond motifs is 1. The molecule has 0 bridgehead atoms. The summed E-state index contributed by atoms with van der Waals surface area (Å²) in [4.78, 5) is 40.3. The third-order valence-corrected chi connectivity index (χ3v) is 4.65. The molecule has 0 aliphatic heterocycles. The molecule has 0 spiro atoms. The Labute approximate surface area is 169 Å². The smallest absolute Gasteiger partial charge is 0.331 e. The first-order chi connectivity index (χ1) is 13.8. The highest BCUT2D eigenvalue weighted by atomic mass is 16.2. The number of hydrogen-bond acceptors (Lipinski definition) is 4. The average molecular weight is 394 g/mol. The molecule has 3 rings (SSSR count). The lowest BCUT2D eigenvalue weighted by molar-refractivity contribution is -0.116. The zero-order valence-corrected chi connectivity index (χ0v) is 17.2. The van der Waals surface area contributed by atoms with Gasteiger partial charge in [-0.2, -0.15) is 0 Å². The van der Waals surface area contributed by atoms with Crippen LogP contribution >= 0.6 is 0 Å². The van der Waals surface area contributed by atoms with Crippen molar-refractivity contribution in [2.45, 2.75) is 26.9 Å². The molecule has 0 radical (unpaired) electrons. The number of nitrogens with zero attached hydrogens (tertiary/aromatic N) is 3. The number of carbonyl (C=O) groups is 1. The molecule has 0 saturated heterocycles. The number of amides is 1. The summed E-state index contributed by atoms with van der Waals surface area (Å²) in [7, 11) is 3.88. The van der Waals surface area contributed by atoms with Gasteiger partial charge in [0.1, 0.15) is 6.54 Å². The van der Waals surface area contributed by atoms with Crippen molar-refractivity contribution in [3.05, 3.63) is 69.4 Å². The molecule has 0 unspecified atom stereocenters. The lowest BCUT2D eigenvalue weighted by atomic mass is 10.2. The van der Waals surface area contributed by atoms with Crippen molar-refractivity contribution in [2.24, 2.45) is 5.92 Å². The van der Waals surface area contributed by atoms with Crippen molar-refractivity contribution < 1.29 is 4.79 Å². The van der Waals surface area contributed by atoms with Crippen LogP contribution in [0.2, 0.25) is 0 Å². The second-order valence-electron chi connectivity index (χ2n) is 7.68. The first-order valence-electron chi connectivity index (χ1n) is 9.57. The van der Waals surface area contributed by atoms with Crippen LogP contribution in [-0.2, 0) is 17.9 Å². The minimum absolute atomic E-state index is 0.124. The van der Waals surface area contributed by atoms with E-state index in [0.717, 1.165) is 5.69 Å². The maximum Gasteiger partial charge on any atom is 0.331 e. The lowest BCUT2D eigenvalue weighted by Crippen LogP contribution is -2.42. The van der Waals surface area contributed by atoms with Gasteiger partial charge in [-0.1, -0.05) is 26.0 Å². The predicted molar refractivity (Wildman–Crippen MR) is 117 cm³/mol. The van der Waals surface area contributed by atoms with Gasteiger partial charge in [0.15, 0.2) is 0 Å². The Bertz CT molecular complexity index is 1140. The molecular formula is C22H26N4O3. The van der Waals surface area contributed by atoms with E-state index in [0.29, 0.717) is 23.1 Å². The van der Waals surface area contributed by atoms with E-state index >= 15 is 0 Å². The number of anilines is 2. The number of para-hydroxylation sites is 1. The van der Waals surface area contributed by atoms with Crippen LogP contribution in [0.4, 0.5) is 11.4 Å². The maximum absolute atomic E-state index is 13.0. The Kier molecular flexibility index (Phi) is 5.87. The van der Waals surface area contributed by atoms with E-state index in [1.165, 1.54) is 9.13 Å². The van der Waals surface area contributed by atoms with E-state index in [4.69, 9.17) is 0 Å². The summed E-state index contributed by atoms with van der Waals surface area (Å²) in [5, 5.41) is 3.25. The minimum atomic E-state index is -0.472. The van der Waals surface area contributed by atoms with E-state index < -0.39 is 5.69 Å². The van der Waals surface area contributed by atoms with E-state index in [-0.39, 0.29) is 23.9 Å². The zero-order chi connectivity index (χ0) is 21.1. The third-order valence-electron chi connectivity index (χ3n) is 4.65. The Morgan fingerprint density at radius 1 is 1.00 bits per heavy atom. The van der Waals surface area contributed by atoms with E-state index in [1.807, 2.05) is 57.1 Å². The summed E-state index contributed by atoms with van der Waals surface area (Å²) in [6.07, 6.45) is 0. The van der Waals surface area contributed by atoms with Gasteiger partial charge < -0.3 is 10.2 Å². The van der Waals surface area contributed by atoms with Crippen LogP contribution in [0, 0.1) is 5.92 Å². The van der Waals surface area contributed by atoms with Crippen LogP contribution in [0.25, 0.3) is 10.9 Å². The molecule has 1 heterocycles. The topological polar surface area (TPSA) is 76.3 Å². The first-order valence-corrected chi connectivity index (χ1v) is 9.57. The summed E-state index contributed by atoms with van der Waals surface area (Å²) in [6.45, 7) is 4.01. The molecule has 0 saturated carbocycles. The highest BCUT2D eigenvalue weighted by Gasteiger charge is 2.16. The van der Waals surface area contributed by atoms with Gasteiger partial charge in [-0.05, 0) is 42.3 Å². The fourth-order valence-corrected chi connectivity index (χ4v) is 3.24. The SMILES string of the molecule is CC(C)Cn1c(=O)c2ccccc2n(CC(=O)Nc2ccc(N(C)C)cc2)c1=O. The summed E-state index contributed by atoms with van der Waals surface area (Å²) < 4.78 is 2.58. The number of aromatic nitrogens is 2. The van der Waals surface area contributed by atoms with Gasteiger partial charge in [0.25, 0.3) is 5.56 Å². The van der Waals surface area contributed by atoms with Crippen LogP contribution in [0.5, 0.6) is 0 Å². The molecule has 3 aromatic rings. The zero-order valence-electron chi connectivity index (χ0n) is 17.2. The van der Waals surface area contributed by atoms with Crippen molar-refractivity contribution >= 4 is 28.2 Å². The summed E-state index contributed by atoms with van der Waals surface area (Å²) >= 11 is 0. The van der Waals surface area contributed by atoms with Gasteiger partial charge in [0, 0.05) is 32.0 Å². The fourth-order valence-electron chi connectivity index (χ4n) is 3.24. The summed E-state index contributed by atoms with van der Waals surface area (Å²) in [5.41, 5.74) is 1.33. The molecule has 0 aliphatic rings. The second-order valence-corrected chi connectivity index (χ2v) is 7.68. The van der Waals surface area contributed by atoms with Crippen molar-refractivity contribution in [2.75, 3.05) is 24.3 Å². The molecule has 29 heavy (non-hydrogen) atoms. The lowest BCUT2D eigenvalue weighted by Gasteiger charge is -2.16. The van der Waals surface area contributed by atoms with Gasteiger partial charge in [-0.15, -0.1) is 0 Å². The second kappa shape index (κ2) is 8.34. The predicted octanol–water partition coefficient (Wildman–Crippen LogP) is 2.52. The molecule has 2 aromatic carbocycles. The highest BCUT2D eigenvalue weighted by molar-refractivity contribution is 5.91. The standard InChI is InChI=1S/C22H26N4O3/c1-15(2)13-26-21(28)18-7-5-6-8-19(18)25(22(26)29)14-20(27)23-16-9-11-17(12-10-16)24(3)4/h5-12,15H,13-14H2,1-4H3,(H,23,27). The molecule has 0 fully saturated rings. The number of benzene rings is 2. The first kappa shape index (κ1) is 20.4. The van der Waals surface area contributed by atoms with Gasteiger partial charge in [0.05, 0.1) is 10.9 Å². The molecule has 1 amide bonds. The summed E-state index contributed by atoms with van der Waals surface area (Å²) in [5.74, 6) is -0.205. The third kappa shape index (κ3) is 4.39. The van der Waals surface area contributed by atoms with Crippen LogP contribution in [0.3, 0.4) is 0 Å². The molecule has 1 N–H and O–H groups in total. The molecule has 7 heteroatoms. The fraction of sp³-hybridized carbons (Fsp3) is 0.318. The highest BCUT2D eigenvalue weighted by Crippen LogP contribution is 2.16. The van der Waals surface area contributed by atoms with Crippen molar-refractivity contribution in [1.29, 1.82) is 0 Å². The average Bonchev–Trinajstić information content (AvgIpc) is 2.68. The normalized spacial score (nSPS) is 11.1. The van der Waals surface area contributed by atoms with Gasteiger partial charge >= 0.3 is 5.69 Å². The number of nitrogens with one attached hydrogen (secondary N) is 1. The Morgan fingerprint density at radius 2 is 1.66 bits per heavy atom. The van der Waals surface area contributed by atoms with Gasteiger partial charge in [-0.25, -0.2) is 4.79 Å². The van der Waals surface area contributed by atoms with E-state index in [1.54, 1.807) is 24.3 Å². The molecule has 0 atom stereocenters. The van der Waals surface area contributed by atoms with Crippen LogP contribution in [-0.4, -0.2) is 29.1 Å². The number of hydrogen-bond donors (Lipinski definition) is 1. The van der Waals surface area contributed by atoms with E-state index in [2.05, 4.69) is 5.32 Å². The van der Waals surface area contributed by atoms with Gasteiger partial charge in [0.2, 0.25) is 5.91 Å². The molecule has 1 aromatic heterocycles. The largest absolute Gasteiger partial charge is 0.378 e. The maximum atomic E-state index is 13.0. The molecule has 152 valence electrons. The molecular weight excluding hydrogens is 368 g/mol. The van der Waals surface area contributed by atoms with Crippen molar-refractivity contribution in [3.8, 4) is 0 Å². The number of rotatable bonds is 6. The minimum Gasteiger partial charge on any atom is -0.378 e. The summed E-state index contributed by atoms with van der Waals surface area (Å²) in [6, 6.07) is 14.3. The quantitative estimate of drug-likeness (QED) is 0.697. The van der Waals surface area contributed by atoms with Crippen molar-refractivity contribution in [1.82, 2.24) is 9.13 Å². The molecule has 7 nitrogen and oxygen atoms in total. The van der Waals surface area contributed by atoms with E-state index in [9.17, 15) is 14.4 Å². The monoisotopic (exact) mass is 394 g/mol. The Hall–Kier alpha value is -3.35.